The maximum Gasteiger partial charge on any atom is 0.329 e. The molecule has 1 fully saturated rings. The minimum absolute atomic E-state index is 0.0438. The van der Waals surface area contributed by atoms with Crippen molar-refractivity contribution in [3.8, 4) is 0 Å². The molecule has 0 bridgehead atoms. The summed E-state index contributed by atoms with van der Waals surface area (Å²) in [4.78, 5) is 38.2. The maximum atomic E-state index is 12.5. The SMILES string of the molecule is CCC[C@](C)(NC(=O)C1CCN(C(=O)c2ccc(Br)cc2)CC1)C(=O)O. The summed E-state index contributed by atoms with van der Waals surface area (Å²) in [6.07, 6.45) is 2.13. The summed E-state index contributed by atoms with van der Waals surface area (Å²) < 4.78 is 0.915. The van der Waals surface area contributed by atoms with Crippen molar-refractivity contribution >= 4 is 33.7 Å². The second-order valence-corrected chi connectivity index (χ2v) is 7.87. The molecule has 1 aromatic rings. The molecule has 2 N–H and O–H groups in total. The fraction of sp³-hybridized carbons (Fsp3) is 0.526. The van der Waals surface area contributed by atoms with Gasteiger partial charge in [-0.1, -0.05) is 29.3 Å². The average molecular weight is 425 g/mol. The van der Waals surface area contributed by atoms with Gasteiger partial charge in [0.05, 0.1) is 0 Å². The van der Waals surface area contributed by atoms with Gasteiger partial charge in [-0.25, -0.2) is 4.79 Å². The summed E-state index contributed by atoms with van der Waals surface area (Å²) >= 11 is 3.35. The van der Waals surface area contributed by atoms with Gasteiger partial charge < -0.3 is 15.3 Å². The van der Waals surface area contributed by atoms with Crippen molar-refractivity contribution in [3.63, 3.8) is 0 Å². The number of hydrogen-bond acceptors (Lipinski definition) is 3. The quantitative estimate of drug-likeness (QED) is 0.734. The molecular formula is C19H25BrN2O4. The molecule has 1 aliphatic heterocycles. The molecule has 1 atom stereocenters. The van der Waals surface area contributed by atoms with Gasteiger partial charge in [0.1, 0.15) is 5.54 Å². The number of carbonyl (C=O) groups is 3. The lowest BCUT2D eigenvalue weighted by atomic mass is 9.91. The number of nitrogens with one attached hydrogen (secondary N) is 1. The Morgan fingerprint density at radius 2 is 1.81 bits per heavy atom. The van der Waals surface area contributed by atoms with E-state index in [-0.39, 0.29) is 17.7 Å². The zero-order chi connectivity index (χ0) is 19.3. The molecule has 1 heterocycles. The molecule has 0 aliphatic carbocycles. The summed E-state index contributed by atoms with van der Waals surface area (Å²) in [5.74, 6) is -1.56. The third kappa shape index (κ3) is 4.84. The third-order valence-corrected chi connectivity index (χ3v) is 5.39. The lowest BCUT2D eigenvalue weighted by molar-refractivity contribution is -0.148. The van der Waals surface area contributed by atoms with Crippen LogP contribution in [-0.2, 0) is 9.59 Å². The van der Waals surface area contributed by atoms with Gasteiger partial charge in [-0.3, -0.25) is 9.59 Å². The van der Waals surface area contributed by atoms with E-state index in [9.17, 15) is 19.5 Å². The Labute approximate surface area is 162 Å². The monoisotopic (exact) mass is 424 g/mol. The molecule has 0 aromatic heterocycles. The molecule has 6 nitrogen and oxygen atoms in total. The van der Waals surface area contributed by atoms with Gasteiger partial charge in [-0.2, -0.15) is 0 Å². The van der Waals surface area contributed by atoms with Crippen molar-refractivity contribution in [2.24, 2.45) is 5.92 Å². The van der Waals surface area contributed by atoms with Crippen LogP contribution in [-0.4, -0.2) is 46.4 Å². The Bertz CT molecular complexity index is 669. The van der Waals surface area contributed by atoms with E-state index in [0.29, 0.717) is 44.3 Å². The molecule has 0 unspecified atom stereocenters. The molecule has 26 heavy (non-hydrogen) atoms. The summed E-state index contributed by atoms with van der Waals surface area (Å²) in [6.45, 7) is 4.41. The number of aliphatic carboxylic acids is 1. The molecule has 0 radical (unpaired) electrons. The van der Waals surface area contributed by atoms with Crippen LogP contribution in [0.4, 0.5) is 0 Å². The number of benzene rings is 1. The van der Waals surface area contributed by atoms with Crippen LogP contribution in [0.5, 0.6) is 0 Å². The first-order valence-corrected chi connectivity index (χ1v) is 9.66. The number of nitrogens with zero attached hydrogens (tertiary/aromatic N) is 1. The third-order valence-electron chi connectivity index (χ3n) is 4.87. The molecule has 142 valence electrons. The van der Waals surface area contributed by atoms with Crippen molar-refractivity contribution in [1.82, 2.24) is 10.2 Å². The predicted octanol–water partition coefficient (Wildman–Crippen LogP) is 3.06. The van der Waals surface area contributed by atoms with Crippen molar-refractivity contribution in [2.45, 2.75) is 45.1 Å². The molecule has 0 spiro atoms. The Morgan fingerprint density at radius 3 is 2.31 bits per heavy atom. The number of carboxylic acid groups (broad SMARTS) is 1. The van der Waals surface area contributed by atoms with E-state index in [4.69, 9.17) is 0 Å². The summed E-state index contributed by atoms with van der Waals surface area (Å²) in [5, 5.41) is 12.1. The van der Waals surface area contributed by atoms with Gasteiger partial charge in [0, 0.05) is 29.0 Å². The minimum Gasteiger partial charge on any atom is -0.480 e. The van der Waals surface area contributed by atoms with Gasteiger partial charge in [0.2, 0.25) is 5.91 Å². The van der Waals surface area contributed by atoms with Crippen LogP contribution >= 0.6 is 15.9 Å². The van der Waals surface area contributed by atoms with Gasteiger partial charge in [-0.15, -0.1) is 0 Å². The highest BCUT2D eigenvalue weighted by molar-refractivity contribution is 9.10. The van der Waals surface area contributed by atoms with E-state index in [1.807, 2.05) is 19.1 Å². The number of rotatable bonds is 6. The molecule has 2 rings (SSSR count). The number of carbonyl (C=O) groups excluding carboxylic acids is 2. The fourth-order valence-corrected chi connectivity index (χ4v) is 3.48. The Hall–Kier alpha value is -1.89. The molecule has 1 aromatic carbocycles. The van der Waals surface area contributed by atoms with Crippen LogP contribution in [0, 0.1) is 5.92 Å². The predicted molar refractivity (Wildman–Crippen MR) is 102 cm³/mol. The second kappa shape index (κ2) is 8.66. The number of amides is 2. The van der Waals surface area contributed by atoms with Crippen molar-refractivity contribution in [3.05, 3.63) is 34.3 Å². The summed E-state index contributed by atoms with van der Waals surface area (Å²) in [5.41, 5.74) is -0.617. The van der Waals surface area contributed by atoms with Crippen molar-refractivity contribution in [2.75, 3.05) is 13.1 Å². The number of likely N-dealkylation sites (tertiary alicyclic amines) is 1. The van der Waals surface area contributed by atoms with Crippen LogP contribution in [0.2, 0.25) is 0 Å². The van der Waals surface area contributed by atoms with E-state index < -0.39 is 11.5 Å². The van der Waals surface area contributed by atoms with E-state index in [0.717, 1.165) is 4.47 Å². The topological polar surface area (TPSA) is 86.7 Å². The summed E-state index contributed by atoms with van der Waals surface area (Å²) in [6, 6.07) is 7.20. The first kappa shape index (κ1) is 20.4. The van der Waals surface area contributed by atoms with Crippen LogP contribution < -0.4 is 5.32 Å². The van der Waals surface area contributed by atoms with Crippen LogP contribution in [0.25, 0.3) is 0 Å². The second-order valence-electron chi connectivity index (χ2n) is 6.95. The Morgan fingerprint density at radius 1 is 1.23 bits per heavy atom. The molecule has 7 heteroatoms. The lowest BCUT2D eigenvalue weighted by Crippen LogP contribution is -2.55. The highest BCUT2D eigenvalue weighted by atomic mass is 79.9. The first-order chi connectivity index (χ1) is 12.3. The van der Waals surface area contributed by atoms with Crippen LogP contribution in [0.15, 0.2) is 28.7 Å². The zero-order valence-corrected chi connectivity index (χ0v) is 16.7. The molecular weight excluding hydrogens is 400 g/mol. The lowest BCUT2D eigenvalue weighted by Gasteiger charge is -2.34. The number of piperidine rings is 1. The van der Waals surface area contributed by atoms with E-state index in [1.165, 1.54) is 0 Å². The average Bonchev–Trinajstić information content (AvgIpc) is 2.62. The molecule has 0 saturated carbocycles. The fourth-order valence-electron chi connectivity index (χ4n) is 3.22. The van der Waals surface area contributed by atoms with Gasteiger partial charge in [0.25, 0.3) is 5.91 Å². The molecule has 1 saturated heterocycles. The minimum atomic E-state index is -1.24. The number of halogens is 1. The number of carboxylic acids is 1. The highest BCUT2D eigenvalue weighted by Gasteiger charge is 2.37. The van der Waals surface area contributed by atoms with E-state index >= 15 is 0 Å². The Balaban J connectivity index is 1.93. The van der Waals surface area contributed by atoms with E-state index in [1.54, 1.807) is 24.0 Å². The van der Waals surface area contributed by atoms with Gasteiger partial charge in [-0.05, 0) is 50.5 Å². The standard InChI is InChI=1S/C19H25BrN2O4/c1-3-10-19(2,18(25)26)21-16(23)13-8-11-22(12-9-13)17(24)14-4-6-15(20)7-5-14/h4-7,13H,3,8-12H2,1-2H3,(H,21,23)(H,25,26)/t19-/m0/s1. The molecule has 2 amide bonds. The van der Waals surface area contributed by atoms with Crippen molar-refractivity contribution < 1.29 is 19.5 Å². The van der Waals surface area contributed by atoms with Gasteiger partial charge >= 0.3 is 5.97 Å². The first-order valence-electron chi connectivity index (χ1n) is 8.87. The largest absolute Gasteiger partial charge is 0.480 e. The maximum absolute atomic E-state index is 12.5. The summed E-state index contributed by atoms with van der Waals surface area (Å²) in [7, 11) is 0. The zero-order valence-electron chi connectivity index (χ0n) is 15.1. The van der Waals surface area contributed by atoms with Crippen LogP contribution in [0.1, 0.15) is 49.9 Å². The normalized spacial score (nSPS) is 17.4. The van der Waals surface area contributed by atoms with Crippen molar-refractivity contribution in [1.29, 1.82) is 0 Å². The van der Waals surface area contributed by atoms with E-state index in [2.05, 4.69) is 21.2 Å². The van der Waals surface area contributed by atoms with Crippen LogP contribution in [0.3, 0.4) is 0 Å². The Kier molecular flexibility index (Phi) is 6.81. The van der Waals surface area contributed by atoms with Gasteiger partial charge in [0.15, 0.2) is 0 Å². The smallest absolute Gasteiger partial charge is 0.329 e. The molecule has 1 aliphatic rings. The number of hydrogen-bond donors (Lipinski definition) is 2. The highest BCUT2D eigenvalue weighted by Crippen LogP contribution is 2.22.